The molecule has 1 amide bonds. The van der Waals surface area contributed by atoms with Crippen molar-refractivity contribution in [3.63, 3.8) is 0 Å². The Morgan fingerprint density at radius 1 is 1.27 bits per heavy atom. The number of fused-ring (bicyclic) bond motifs is 4. The van der Waals surface area contributed by atoms with Gasteiger partial charge in [-0.1, -0.05) is 18.6 Å². The molecule has 1 aromatic rings. The second kappa shape index (κ2) is 11.0. The lowest BCUT2D eigenvalue weighted by atomic mass is 9.71. The van der Waals surface area contributed by atoms with Gasteiger partial charge in [-0.3, -0.25) is 9.69 Å². The van der Waals surface area contributed by atoms with Crippen LogP contribution in [0.15, 0.2) is 24.3 Å². The van der Waals surface area contributed by atoms with E-state index < -0.39 is 6.04 Å². The summed E-state index contributed by atoms with van der Waals surface area (Å²) in [7, 11) is 1.71. The molecule has 3 saturated heterocycles. The van der Waals surface area contributed by atoms with Crippen molar-refractivity contribution in [3.05, 3.63) is 29.8 Å². The second-order valence-corrected chi connectivity index (χ2v) is 8.71. The fourth-order valence-electron chi connectivity index (χ4n) is 5.72. The standard InChI is InChI=1S/C22H33N3O3.2ClH/c1-28-18-6-4-5-15(9-18)10-21-17-11-16(20-7-2-3-8-25(20)21)12-24(13-17)22(27)19(23)14-26;;/h4-6,9,16-17,19-21,26H,2-3,7-8,10-14,23H2,1H3;2*1H/t16-,17+,19+,20+,21+;;/m1../s1. The minimum absolute atomic E-state index is 0. The van der Waals surface area contributed by atoms with Gasteiger partial charge >= 0.3 is 0 Å². The van der Waals surface area contributed by atoms with Gasteiger partial charge in [0, 0.05) is 25.2 Å². The molecule has 0 aliphatic carbocycles. The van der Waals surface area contributed by atoms with Gasteiger partial charge in [-0.2, -0.15) is 0 Å². The van der Waals surface area contributed by atoms with E-state index in [2.05, 4.69) is 23.1 Å². The second-order valence-electron chi connectivity index (χ2n) is 8.71. The van der Waals surface area contributed by atoms with Gasteiger partial charge in [0.2, 0.25) is 5.91 Å². The predicted octanol–water partition coefficient (Wildman–Crippen LogP) is 2.10. The molecule has 3 aliphatic heterocycles. The molecular formula is C22H35Cl2N3O3. The maximum absolute atomic E-state index is 12.7. The number of methoxy groups -OCH3 is 1. The molecule has 0 radical (unpaired) electrons. The number of halogens is 2. The van der Waals surface area contributed by atoms with Crippen LogP contribution in [0.25, 0.3) is 0 Å². The molecule has 0 aromatic heterocycles. The van der Waals surface area contributed by atoms with Crippen molar-refractivity contribution in [1.82, 2.24) is 9.80 Å². The molecule has 30 heavy (non-hydrogen) atoms. The van der Waals surface area contributed by atoms with Crippen LogP contribution in [0.1, 0.15) is 31.2 Å². The predicted molar refractivity (Wildman–Crippen MR) is 123 cm³/mol. The Morgan fingerprint density at radius 3 is 2.77 bits per heavy atom. The van der Waals surface area contributed by atoms with Gasteiger partial charge < -0.3 is 20.5 Å². The van der Waals surface area contributed by atoms with Gasteiger partial charge in [0.15, 0.2) is 0 Å². The number of aliphatic hydroxyl groups excluding tert-OH is 1. The molecule has 0 saturated carbocycles. The van der Waals surface area contributed by atoms with E-state index in [-0.39, 0.29) is 37.3 Å². The Labute approximate surface area is 191 Å². The number of likely N-dealkylation sites (tertiary alicyclic amines) is 1. The van der Waals surface area contributed by atoms with E-state index in [1.165, 1.54) is 31.2 Å². The molecule has 2 bridgehead atoms. The van der Waals surface area contributed by atoms with Crippen LogP contribution in [0.3, 0.4) is 0 Å². The number of hydrogen-bond acceptors (Lipinski definition) is 5. The first-order valence-electron chi connectivity index (χ1n) is 10.6. The zero-order chi connectivity index (χ0) is 19.7. The minimum Gasteiger partial charge on any atom is -0.497 e. The van der Waals surface area contributed by atoms with Gasteiger partial charge in [0.05, 0.1) is 13.7 Å². The summed E-state index contributed by atoms with van der Waals surface area (Å²) in [6.45, 7) is 2.42. The van der Waals surface area contributed by atoms with Crippen molar-refractivity contribution >= 4 is 30.7 Å². The summed E-state index contributed by atoms with van der Waals surface area (Å²) in [5.74, 6) is 1.78. The Morgan fingerprint density at radius 2 is 2.03 bits per heavy atom. The maximum Gasteiger partial charge on any atom is 0.241 e. The van der Waals surface area contributed by atoms with Crippen LogP contribution in [-0.2, 0) is 11.2 Å². The van der Waals surface area contributed by atoms with E-state index in [4.69, 9.17) is 10.5 Å². The summed E-state index contributed by atoms with van der Waals surface area (Å²) in [5.41, 5.74) is 7.15. The van der Waals surface area contributed by atoms with Crippen LogP contribution in [0.5, 0.6) is 5.75 Å². The first-order chi connectivity index (χ1) is 13.6. The van der Waals surface area contributed by atoms with Crippen molar-refractivity contribution in [1.29, 1.82) is 0 Å². The highest BCUT2D eigenvalue weighted by molar-refractivity contribution is 5.85. The van der Waals surface area contributed by atoms with Gasteiger partial charge in [-0.05, 0) is 61.8 Å². The van der Waals surface area contributed by atoms with Crippen LogP contribution in [0.2, 0.25) is 0 Å². The molecule has 3 aliphatic rings. The third-order valence-corrected chi connectivity index (χ3v) is 7.03. The van der Waals surface area contributed by atoms with Crippen LogP contribution >= 0.6 is 24.8 Å². The molecule has 5 atom stereocenters. The van der Waals surface area contributed by atoms with E-state index in [1.807, 2.05) is 11.0 Å². The SMILES string of the molecule is COc1cccc(C[C@H]2[C@H]3C[C@H](CN(C(=O)[C@@H](N)CO)C3)[C@@H]3CCCCN32)c1.Cl.Cl. The van der Waals surface area contributed by atoms with Gasteiger partial charge in [-0.15, -0.1) is 24.8 Å². The fraction of sp³-hybridized carbons (Fsp3) is 0.682. The molecule has 3 N–H and O–H groups in total. The number of hydrogen-bond donors (Lipinski definition) is 2. The van der Waals surface area contributed by atoms with Crippen molar-refractivity contribution in [3.8, 4) is 5.75 Å². The number of rotatable bonds is 5. The molecular weight excluding hydrogens is 425 g/mol. The lowest BCUT2D eigenvalue weighted by Crippen LogP contribution is -2.65. The first kappa shape index (κ1) is 25.2. The van der Waals surface area contributed by atoms with Gasteiger partial charge in [0.1, 0.15) is 11.8 Å². The van der Waals surface area contributed by atoms with E-state index in [9.17, 15) is 9.90 Å². The normalized spacial score (nSPS) is 29.1. The Hall–Kier alpha value is -1.05. The largest absolute Gasteiger partial charge is 0.497 e. The molecule has 4 rings (SSSR count). The first-order valence-corrected chi connectivity index (χ1v) is 10.6. The summed E-state index contributed by atoms with van der Waals surface area (Å²) >= 11 is 0. The van der Waals surface area contributed by atoms with Crippen molar-refractivity contribution < 1.29 is 14.6 Å². The Balaban J connectivity index is 0.00000160. The van der Waals surface area contributed by atoms with Crippen LogP contribution in [0.4, 0.5) is 0 Å². The average Bonchev–Trinajstić information content (AvgIpc) is 2.75. The molecule has 1 aromatic carbocycles. The number of piperidine rings is 3. The van der Waals surface area contributed by atoms with Crippen LogP contribution in [0, 0.1) is 11.8 Å². The van der Waals surface area contributed by atoms with Crippen LogP contribution in [-0.4, -0.2) is 72.3 Å². The number of carbonyl (C=O) groups is 1. The molecule has 170 valence electrons. The van der Waals surface area contributed by atoms with E-state index in [0.717, 1.165) is 31.8 Å². The lowest BCUT2D eigenvalue weighted by Gasteiger charge is -2.57. The summed E-state index contributed by atoms with van der Waals surface area (Å²) in [6.07, 6.45) is 5.94. The lowest BCUT2D eigenvalue weighted by molar-refractivity contribution is -0.143. The number of carbonyl (C=O) groups excluding carboxylic acids is 1. The molecule has 3 heterocycles. The Bertz CT molecular complexity index is 708. The number of benzene rings is 1. The third kappa shape index (κ3) is 5.05. The quantitative estimate of drug-likeness (QED) is 0.704. The average molecular weight is 460 g/mol. The van der Waals surface area contributed by atoms with E-state index in [1.54, 1.807) is 7.11 Å². The van der Waals surface area contributed by atoms with Gasteiger partial charge in [-0.25, -0.2) is 0 Å². The maximum atomic E-state index is 12.7. The molecule has 6 nitrogen and oxygen atoms in total. The highest BCUT2D eigenvalue weighted by Crippen LogP contribution is 2.42. The summed E-state index contributed by atoms with van der Waals surface area (Å²) in [4.78, 5) is 17.4. The van der Waals surface area contributed by atoms with Crippen LogP contribution < -0.4 is 10.5 Å². The molecule has 8 heteroatoms. The highest BCUT2D eigenvalue weighted by atomic mass is 35.5. The Kier molecular flexibility index (Phi) is 9.25. The molecule has 0 spiro atoms. The fourth-order valence-corrected chi connectivity index (χ4v) is 5.72. The highest BCUT2D eigenvalue weighted by Gasteiger charge is 2.48. The van der Waals surface area contributed by atoms with Crippen molar-refractivity contribution in [2.75, 3.05) is 33.4 Å². The van der Waals surface area contributed by atoms with E-state index in [0.29, 0.717) is 23.9 Å². The number of nitrogens with two attached hydrogens (primary N) is 1. The topological polar surface area (TPSA) is 79.0 Å². The number of aliphatic hydroxyl groups is 1. The molecule has 0 unspecified atom stereocenters. The van der Waals surface area contributed by atoms with E-state index >= 15 is 0 Å². The molecule has 3 fully saturated rings. The zero-order valence-electron chi connectivity index (χ0n) is 17.6. The smallest absolute Gasteiger partial charge is 0.241 e. The van der Waals surface area contributed by atoms with Crippen molar-refractivity contribution in [2.24, 2.45) is 17.6 Å². The number of amides is 1. The number of ether oxygens (including phenoxy) is 1. The summed E-state index contributed by atoms with van der Waals surface area (Å²) < 4.78 is 5.42. The summed E-state index contributed by atoms with van der Waals surface area (Å²) in [5, 5.41) is 9.33. The third-order valence-electron chi connectivity index (χ3n) is 7.03. The van der Waals surface area contributed by atoms with Gasteiger partial charge in [0.25, 0.3) is 0 Å². The zero-order valence-corrected chi connectivity index (χ0v) is 19.2. The number of nitrogens with zero attached hydrogens (tertiary/aromatic N) is 2. The minimum atomic E-state index is -0.793. The van der Waals surface area contributed by atoms with Crippen molar-refractivity contribution in [2.45, 2.75) is 50.2 Å². The monoisotopic (exact) mass is 459 g/mol. The summed E-state index contributed by atoms with van der Waals surface area (Å²) in [6, 6.07) is 8.57.